The lowest BCUT2D eigenvalue weighted by Crippen LogP contribution is -2.60. The number of para-hydroxylation sites is 1. The van der Waals surface area contributed by atoms with Crippen molar-refractivity contribution in [3.8, 4) is 0 Å². The molecule has 5 aliphatic heterocycles. The van der Waals surface area contributed by atoms with E-state index < -0.39 is 23.9 Å². The molecule has 1 aliphatic carbocycles. The number of nitrogens with one attached hydrogen (secondary N) is 2. The summed E-state index contributed by atoms with van der Waals surface area (Å²) in [5.74, 6) is -0.133. The number of benzene rings is 1. The summed E-state index contributed by atoms with van der Waals surface area (Å²) in [6.07, 6.45) is 10.9. The Morgan fingerprint density at radius 2 is 1.86 bits per heavy atom. The maximum Gasteiger partial charge on any atom is 0.284 e. The van der Waals surface area contributed by atoms with Crippen molar-refractivity contribution in [1.82, 2.24) is 49.3 Å². The summed E-state index contributed by atoms with van der Waals surface area (Å²) in [6.45, 7) is 7.88. The van der Waals surface area contributed by atoms with Crippen LogP contribution in [0.3, 0.4) is 0 Å². The van der Waals surface area contributed by atoms with Crippen molar-refractivity contribution in [3.05, 3.63) is 65.4 Å². The number of likely N-dealkylation sites (tertiary alicyclic amines) is 2. The van der Waals surface area contributed by atoms with Crippen LogP contribution in [0.2, 0.25) is 0 Å². The second-order valence-corrected chi connectivity index (χ2v) is 19.0. The van der Waals surface area contributed by atoms with Crippen molar-refractivity contribution in [2.24, 2.45) is 18.4 Å². The van der Waals surface area contributed by atoms with E-state index in [2.05, 4.69) is 47.7 Å². The summed E-state index contributed by atoms with van der Waals surface area (Å²) in [5.41, 5.74) is 3.61. The molecule has 63 heavy (non-hydrogen) atoms. The quantitative estimate of drug-likeness (QED) is 0.175. The number of carbonyl (C=O) groups excluding carboxylic acids is 3. The zero-order valence-electron chi connectivity index (χ0n) is 35.6. The molecule has 0 radical (unpaired) electrons. The predicted molar refractivity (Wildman–Crippen MR) is 229 cm³/mol. The van der Waals surface area contributed by atoms with Crippen LogP contribution in [0.25, 0.3) is 16.6 Å². The number of piperidine rings is 2. The molecule has 11 rings (SSSR count). The second-order valence-electron chi connectivity index (χ2n) is 19.0. The molecule has 16 nitrogen and oxygen atoms in total. The van der Waals surface area contributed by atoms with Gasteiger partial charge in [0.15, 0.2) is 11.3 Å². The van der Waals surface area contributed by atoms with E-state index in [1.54, 1.807) is 17.1 Å². The summed E-state index contributed by atoms with van der Waals surface area (Å²) in [6, 6.07) is 8.38. The number of rotatable bonds is 11. The first-order valence-corrected chi connectivity index (χ1v) is 22.7. The molecule has 1 saturated carbocycles. The van der Waals surface area contributed by atoms with Gasteiger partial charge < -0.3 is 24.8 Å². The number of nitrogens with zero attached hydrogens (tertiary/aromatic N) is 10. The number of amides is 3. The highest BCUT2D eigenvalue weighted by atomic mass is 19.3. The van der Waals surface area contributed by atoms with Gasteiger partial charge in [-0.15, -0.1) is 0 Å². The van der Waals surface area contributed by atoms with Crippen LogP contribution in [0.5, 0.6) is 0 Å². The number of fused-ring (bicyclic) bond motifs is 4. The molecule has 2 N–H and O–H groups in total. The van der Waals surface area contributed by atoms with Gasteiger partial charge in [0, 0.05) is 64.0 Å². The molecule has 6 aliphatic rings. The molecule has 5 aromatic rings. The highest BCUT2D eigenvalue weighted by molar-refractivity contribution is 6.08. The summed E-state index contributed by atoms with van der Waals surface area (Å²) in [5, 5.41) is 19.6. The second kappa shape index (κ2) is 16.0. The molecule has 1 spiro atoms. The first kappa shape index (κ1) is 40.4. The summed E-state index contributed by atoms with van der Waals surface area (Å²) >= 11 is 0. The van der Waals surface area contributed by atoms with Gasteiger partial charge in [0.2, 0.25) is 11.8 Å². The van der Waals surface area contributed by atoms with Crippen LogP contribution in [-0.4, -0.2) is 126 Å². The van der Waals surface area contributed by atoms with E-state index in [1.165, 1.54) is 29.1 Å². The minimum absolute atomic E-state index is 0.00628. The highest BCUT2D eigenvalue weighted by Crippen LogP contribution is 2.42. The number of anilines is 2. The number of carbonyl (C=O) groups is 3. The lowest BCUT2D eigenvalue weighted by atomic mass is 9.71. The van der Waals surface area contributed by atoms with Gasteiger partial charge in [0.05, 0.1) is 53.8 Å². The maximum absolute atomic E-state index is 14.3. The molecule has 3 amide bonds. The number of imide groups is 1. The average molecular weight is 865 g/mol. The van der Waals surface area contributed by atoms with Crippen molar-refractivity contribution >= 4 is 45.8 Å². The van der Waals surface area contributed by atoms with Crippen molar-refractivity contribution < 1.29 is 27.9 Å². The number of hydrogen-bond donors (Lipinski definition) is 2. The first-order chi connectivity index (χ1) is 30.6. The van der Waals surface area contributed by atoms with E-state index in [0.717, 1.165) is 107 Å². The average Bonchev–Trinajstić information content (AvgIpc) is 4.12. The van der Waals surface area contributed by atoms with Gasteiger partial charge in [-0.05, 0) is 93.8 Å². The molecule has 5 saturated heterocycles. The summed E-state index contributed by atoms with van der Waals surface area (Å²) < 4.78 is 39.5. The fourth-order valence-electron chi connectivity index (χ4n) is 11.6. The van der Waals surface area contributed by atoms with E-state index in [9.17, 15) is 23.2 Å². The van der Waals surface area contributed by atoms with Crippen molar-refractivity contribution in [1.29, 1.82) is 0 Å². The van der Waals surface area contributed by atoms with E-state index in [4.69, 9.17) is 14.8 Å². The third-order valence-corrected chi connectivity index (χ3v) is 15.0. The van der Waals surface area contributed by atoms with E-state index in [-0.39, 0.29) is 41.3 Å². The zero-order chi connectivity index (χ0) is 43.0. The number of alkyl halides is 2. The van der Waals surface area contributed by atoms with Gasteiger partial charge >= 0.3 is 0 Å². The largest absolute Gasteiger partial charge is 0.374 e. The number of aryl methyl sites for hydroxylation is 1. The van der Waals surface area contributed by atoms with Crippen molar-refractivity contribution in [2.45, 2.75) is 94.7 Å². The van der Waals surface area contributed by atoms with E-state index in [0.29, 0.717) is 36.4 Å². The highest BCUT2D eigenvalue weighted by Gasteiger charge is 2.45. The van der Waals surface area contributed by atoms with Crippen LogP contribution in [0, 0.1) is 11.3 Å². The number of halogens is 2. The Kier molecular flexibility index (Phi) is 10.3. The monoisotopic (exact) mass is 864 g/mol. The van der Waals surface area contributed by atoms with Gasteiger partial charge in [0.1, 0.15) is 11.4 Å². The van der Waals surface area contributed by atoms with Crippen LogP contribution in [0.15, 0.2) is 42.9 Å². The van der Waals surface area contributed by atoms with Crippen LogP contribution < -0.4 is 15.5 Å². The SMILES string of the molecule is Cn1nc(C2CCC(=O)NC2=O)c2cccc(CCN3CC4(CCN(CC5CCC(n6cc(NC(=O)c7cnn8ccc(N9C[C@H]%10C[C@@H]9CO%10)nc78)c(C(F)F)n6)CC5)CC4)C3)c21. The maximum atomic E-state index is 14.3. The van der Waals surface area contributed by atoms with Crippen LogP contribution in [0.4, 0.5) is 20.3 Å². The van der Waals surface area contributed by atoms with Gasteiger partial charge in [-0.1, -0.05) is 18.2 Å². The van der Waals surface area contributed by atoms with E-state index in [1.807, 2.05) is 23.9 Å². The van der Waals surface area contributed by atoms with Crippen molar-refractivity contribution in [2.75, 3.05) is 62.6 Å². The van der Waals surface area contributed by atoms with Crippen molar-refractivity contribution in [3.63, 3.8) is 0 Å². The first-order valence-electron chi connectivity index (χ1n) is 22.7. The molecular weight excluding hydrogens is 811 g/mol. The third kappa shape index (κ3) is 7.56. The molecule has 1 unspecified atom stereocenters. The Bertz CT molecular complexity index is 2560. The predicted octanol–water partition coefficient (Wildman–Crippen LogP) is 4.87. The number of hydrogen-bond acceptors (Lipinski definition) is 11. The molecule has 9 heterocycles. The number of morpholine rings is 1. The number of aromatic nitrogens is 7. The fourth-order valence-corrected chi connectivity index (χ4v) is 11.6. The van der Waals surface area contributed by atoms with Crippen LogP contribution in [-0.2, 0) is 27.8 Å². The Hall–Kier alpha value is -5.33. The smallest absolute Gasteiger partial charge is 0.284 e. The topological polar surface area (TPSA) is 160 Å². The van der Waals surface area contributed by atoms with Gasteiger partial charge in [0.25, 0.3) is 12.3 Å². The standard InChI is InChI=1S/C45H54F2N12O4/c1-54-40-28(3-2-4-32(40)38(52-54)33-9-10-37(60)51-43(33)61)11-15-56-25-45(26-56)13-17-55(18-14-45)21-27-5-7-29(8-6-27)59-23-35(39(53-59)41(46)47)49-44(62)34-20-48-58-16-12-36(50-42(34)58)57-22-31-19-30(57)24-63-31/h2-4,12,16,20,23,27,29-31,33,41H,5-11,13-15,17-19,21-22,24-26H2,1H3,(H,49,62)(H,51,60,61)/t27?,29?,30-,31-,33?/m1/s1. The molecule has 4 aromatic heterocycles. The Balaban J connectivity index is 0.650. The van der Waals surface area contributed by atoms with Crippen LogP contribution in [0.1, 0.15) is 103 Å². The zero-order valence-corrected chi connectivity index (χ0v) is 35.6. The molecule has 18 heteroatoms. The molecule has 6 fully saturated rings. The van der Waals surface area contributed by atoms with Gasteiger partial charge in [-0.25, -0.2) is 18.3 Å². The Labute approximate surface area is 363 Å². The lowest BCUT2D eigenvalue weighted by molar-refractivity contribution is -0.134. The fraction of sp³-hybridized carbons (Fsp3) is 0.578. The van der Waals surface area contributed by atoms with Gasteiger partial charge in [-0.2, -0.15) is 15.3 Å². The minimum atomic E-state index is -2.84. The molecule has 2 bridgehead atoms. The van der Waals surface area contributed by atoms with Crippen LogP contribution >= 0.6 is 0 Å². The normalized spacial score (nSPS) is 26.3. The third-order valence-electron chi connectivity index (χ3n) is 15.0. The summed E-state index contributed by atoms with van der Waals surface area (Å²) in [4.78, 5) is 50.1. The Morgan fingerprint density at radius 3 is 2.60 bits per heavy atom. The summed E-state index contributed by atoms with van der Waals surface area (Å²) in [7, 11) is 1.94. The van der Waals surface area contributed by atoms with Gasteiger partial charge in [-0.3, -0.25) is 29.1 Å². The molecular formula is C45H54F2N12O4. The molecule has 1 aromatic carbocycles. The minimum Gasteiger partial charge on any atom is -0.374 e. The molecule has 3 atom stereocenters. The molecule has 332 valence electrons. The Morgan fingerprint density at radius 1 is 1.03 bits per heavy atom. The number of ether oxygens (including phenoxy) is 1. The lowest BCUT2D eigenvalue weighted by Gasteiger charge is -2.54. The van der Waals surface area contributed by atoms with E-state index >= 15 is 0 Å².